The molecule has 0 unspecified atom stereocenters. The number of pyridine rings is 1. The first-order valence-corrected chi connectivity index (χ1v) is 7.32. The van der Waals surface area contributed by atoms with Gasteiger partial charge in [-0.25, -0.2) is 8.78 Å². The van der Waals surface area contributed by atoms with E-state index in [0.717, 1.165) is 16.8 Å². The molecule has 0 bridgehead atoms. The summed E-state index contributed by atoms with van der Waals surface area (Å²) in [6.07, 6.45) is 5.49. The van der Waals surface area contributed by atoms with Gasteiger partial charge in [0.2, 0.25) is 0 Å². The van der Waals surface area contributed by atoms with Crippen LogP contribution >= 0.6 is 0 Å². The topological polar surface area (TPSA) is 53.6 Å². The van der Waals surface area contributed by atoms with Crippen LogP contribution in [0, 0.1) is 11.6 Å². The van der Waals surface area contributed by atoms with Crippen molar-refractivity contribution in [1.82, 2.24) is 20.5 Å². The molecule has 0 radical (unpaired) electrons. The molecule has 118 valence electrons. The van der Waals surface area contributed by atoms with Crippen LogP contribution in [0.15, 0.2) is 48.9 Å². The molecule has 4 nitrogen and oxygen atoms in total. The highest BCUT2D eigenvalue weighted by atomic mass is 19.1. The average molecular weight is 314 g/mol. The van der Waals surface area contributed by atoms with Gasteiger partial charge in [0.1, 0.15) is 11.6 Å². The lowest BCUT2D eigenvalue weighted by molar-refractivity contribution is 0.546. The lowest BCUT2D eigenvalue weighted by Gasteiger charge is -2.07. The minimum atomic E-state index is -0.508. The number of aromatic amines is 1. The second-order valence-corrected chi connectivity index (χ2v) is 5.14. The number of hydrogen-bond acceptors (Lipinski definition) is 3. The molecular formula is C17H16F2N4. The van der Waals surface area contributed by atoms with E-state index >= 15 is 0 Å². The smallest absolute Gasteiger partial charge is 0.129 e. The summed E-state index contributed by atoms with van der Waals surface area (Å²) in [5.74, 6) is -1.02. The first kappa shape index (κ1) is 15.3. The number of halogens is 2. The number of aromatic nitrogens is 3. The number of benzene rings is 1. The van der Waals surface area contributed by atoms with Gasteiger partial charge in [0.15, 0.2) is 0 Å². The molecule has 23 heavy (non-hydrogen) atoms. The first-order chi connectivity index (χ1) is 11.3. The van der Waals surface area contributed by atoms with Crippen molar-refractivity contribution in [1.29, 1.82) is 0 Å². The molecule has 6 heteroatoms. The molecule has 3 rings (SSSR count). The largest absolute Gasteiger partial charge is 0.312 e. The molecule has 0 aliphatic rings. The van der Waals surface area contributed by atoms with Gasteiger partial charge in [-0.15, -0.1) is 0 Å². The average Bonchev–Trinajstić information content (AvgIpc) is 3.03. The zero-order chi connectivity index (χ0) is 16.1. The maximum atomic E-state index is 13.5. The van der Waals surface area contributed by atoms with E-state index in [0.29, 0.717) is 19.5 Å². The summed E-state index contributed by atoms with van der Waals surface area (Å²) in [6, 6.07) is 7.71. The van der Waals surface area contributed by atoms with Crippen LogP contribution in [0.3, 0.4) is 0 Å². The van der Waals surface area contributed by atoms with Crippen molar-refractivity contribution in [3.05, 3.63) is 71.7 Å². The Morgan fingerprint density at radius 2 is 1.87 bits per heavy atom. The fourth-order valence-electron chi connectivity index (χ4n) is 2.41. The fraction of sp³-hybridized carbons (Fsp3) is 0.176. The van der Waals surface area contributed by atoms with Crippen molar-refractivity contribution in [2.24, 2.45) is 0 Å². The van der Waals surface area contributed by atoms with Gasteiger partial charge in [-0.2, -0.15) is 5.10 Å². The summed E-state index contributed by atoms with van der Waals surface area (Å²) >= 11 is 0. The normalized spacial score (nSPS) is 10.9. The summed E-state index contributed by atoms with van der Waals surface area (Å²) in [6.45, 7) is 1.02. The minimum absolute atomic E-state index is 0.111. The molecule has 0 saturated heterocycles. The molecule has 2 N–H and O–H groups in total. The van der Waals surface area contributed by atoms with Crippen molar-refractivity contribution in [3.8, 4) is 11.3 Å². The van der Waals surface area contributed by atoms with Gasteiger partial charge in [0.25, 0.3) is 0 Å². The van der Waals surface area contributed by atoms with Crippen LogP contribution in [0.2, 0.25) is 0 Å². The molecule has 3 aromatic rings. The number of H-pyrrole nitrogens is 1. The Morgan fingerprint density at radius 1 is 1.04 bits per heavy atom. The Morgan fingerprint density at radius 3 is 2.61 bits per heavy atom. The Balaban J connectivity index is 1.59. The van der Waals surface area contributed by atoms with Gasteiger partial charge in [0.05, 0.1) is 11.9 Å². The van der Waals surface area contributed by atoms with Gasteiger partial charge in [-0.05, 0) is 37.2 Å². The van der Waals surface area contributed by atoms with Gasteiger partial charge < -0.3 is 5.32 Å². The third-order valence-electron chi connectivity index (χ3n) is 3.60. The van der Waals surface area contributed by atoms with E-state index in [9.17, 15) is 8.78 Å². The highest BCUT2D eigenvalue weighted by Gasteiger charge is 2.09. The molecule has 0 saturated carbocycles. The summed E-state index contributed by atoms with van der Waals surface area (Å²) in [4.78, 5) is 4.09. The number of hydrogen-bond donors (Lipinski definition) is 2. The summed E-state index contributed by atoms with van der Waals surface area (Å²) in [7, 11) is 0. The van der Waals surface area contributed by atoms with Crippen molar-refractivity contribution < 1.29 is 8.78 Å². The first-order valence-electron chi connectivity index (χ1n) is 7.32. The highest BCUT2D eigenvalue weighted by molar-refractivity contribution is 5.61. The van der Waals surface area contributed by atoms with E-state index in [-0.39, 0.29) is 5.56 Å². The van der Waals surface area contributed by atoms with Crippen molar-refractivity contribution in [2.45, 2.75) is 13.0 Å². The van der Waals surface area contributed by atoms with E-state index < -0.39 is 11.6 Å². The third kappa shape index (κ3) is 3.60. The molecule has 2 aromatic heterocycles. The summed E-state index contributed by atoms with van der Waals surface area (Å²) in [5.41, 5.74) is 2.93. The molecule has 0 fully saturated rings. The van der Waals surface area contributed by atoms with Crippen LogP contribution in [-0.2, 0) is 13.0 Å². The predicted octanol–water partition coefficient (Wildman–Crippen LogP) is 3.08. The second kappa shape index (κ2) is 7.11. The van der Waals surface area contributed by atoms with Crippen LogP contribution in [0.25, 0.3) is 11.3 Å². The highest BCUT2D eigenvalue weighted by Crippen LogP contribution is 2.19. The maximum Gasteiger partial charge on any atom is 0.129 e. The zero-order valence-corrected chi connectivity index (χ0v) is 12.4. The number of nitrogens with one attached hydrogen (secondary N) is 2. The second-order valence-electron chi connectivity index (χ2n) is 5.14. The van der Waals surface area contributed by atoms with Crippen LogP contribution < -0.4 is 5.32 Å². The Kier molecular flexibility index (Phi) is 4.73. The van der Waals surface area contributed by atoms with Gasteiger partial charge in [-0.1, -0.05) is 6.07 Å². The van der Waals surface area contributed by atoms with Crippen molar-refractivity contribution >= 4 is 0 Å². The van der Waals surface area contributed by atoms with E-state index in [1.165, 1.54) is 18.2 Å². The lowest BCUT2D eigenvalue weighted by atomic mass is 10.1. The number of rotatable bonds is 6. The van der Waals surface area contributed by atoms with Gasteiger partial charge in [-0.3, -0.25) is 10.1 Å². The Hall–Kier alpha value is -2.60. The van der Waals surface area contributed by atoms with Crippen LogP contribution in [0.1, 0.15) is 11.1 Å². The molecule has 0 aliphatic carbocycles. The molecule has 0 aliphatic heterocycles. The molecule has 0 spiro atoms. The maximum absolute atomic E-state index is 13.5. The lowest BCUT2D eigenvalue weighted by Crippen LogP contribution is -2.18. The molecule has 0 atom stereocenters. The number of nitrogens with zero attached hydrogens (tertiary/aromatic N) is 2. The monoisotopic (exact) mass is 314 g/mol. The van der Waals surface area contributed by atoms with Crippen LogP contribution in [0.5, 0.6) is 0 Å². The molecule has 1 aromatic carbocycles. The van der Waals surface area contributed by atoms with E-state index in [1.54, 1.807) is 18.6 Å². The van der Waals surface area contributed by atoms with Crippen molar-refractivity contribution in [2.75, 3.05) is 6.54 Å². The Bertz CT molecular complexity index is 751. The zero-order valence-electron chi connectivity index (χ0n) is 12.4. The predicted molar refractivity (Wildman–Crippen MR) is 83.6 cm³/mol. The van der Waals surface area contributed by atoms with E-state index in [2.05, 4.69) is 20.5 Å². The van der Waals surface area contributed by atoms with E-state index in [1.807, 2.05) is 12.1 Å². The molecular weight excluding hydrogens is 298 g/mol. The summed E-state index contributed by atoms with van der Waals surface area (Å²) < 4.78 is 27.1. The SMILES string of the molecule is Fc1cccc(F)c1CCNCc1cn[nH]c1-c1cccnc1. The Labute approximate surface area is 132 Å². The standard InChI is InChI=1S/C17H16F2N4/c18-15-4-1-5-16(19)14(15)6-8-21-10-13-11-22-23-17(13)12-3-2-7-20-9-12/h1-5,7,9,11,21H,6,8,10H2,(H,22,23). The molecule has 0 amide bonds. The van der Waals surface area contributed by atoms with Crippen molar-refractivity contribution in [3.63, 3.8) is 0 Å². The van der Waals surface area contributed by atoms with Crippen LogP contribution in [-0.4, -0.2) is 21.7 Å². The van der Waals surface area contributed by atoms with Gasteiger partial charge in [0, 0.05) is 35.6 Å². The molecule has 2 heterocycles. The van der Waals surface area contributed by atoms with Gasteiger partial charge >= 0.3 is 0 Å². The van der Waals surface area contributed by atoms with Crippen LogP contribution in [0.4, 0.5) is 8.78 Å². The quantitative estimate of drug-likeness (QED) is 0.688. The summed E-state index contributed by atoms with van der Waals surface area (Å²) in [5, 5.41) is 10.2. The van der Waals surface area contributed by atoms with E-state index in [4.69, 9.17) is 0 Å². The fourth-order valence-corrected chi connectivity index (χ4v) is 2.41. The third-order valence-corrected chi connectivity index (χ3v) is 3.60. The minimum Gasteiger partial charge on any atom is -0.312 e.